The standard InChI is InChI=1S/C9H15BrN2O2S2/c1-3-12(4-2)16(13,14)11-6-9-5-8(10)7-15-9/h5,7,11H,3-4,6H2,1-2H3. The molecule has 0 spiro atoms. The van der Waals surface area contributed by atoms with Crippen molar-refractivity contribution in [3.05, 3.63) is 20.8 Å². The Hall–Kier alpha value is 0.0500. The van der Waals surface area contributed by atoms with Gasteiger partial charge in [-0.25, -0.2) is 0 Å². The highest BCUT2D eigenvalue weighted by Gasteiger charge is 2.17. The Bertz CT molecular complexity index is 426. The molecule has 16 heavy (non-hydrogen) atoms. The second-order valence-corrected chi connectivity index (χ2v) is 6.81. The summed E-state index contributed by atoms with van der Waals surface area (Å²) in [6, 6.07) is 1.91. The molecule has 0 aromatic carbocycles. The van der Waals surface area contributed by atoms with Crippen LogP contribution in [-0.4, -0.2) is 25.8 Å². The van der Waals surface area contributed by atoms with Crippen molar-refractivity contribution in [2.24, 2.45) is 0 Å². The third-order valence-electron chi connectivity index (χ3n) is 2.10. The smallest absolute Gasteiger partial charge is 0.197 e. The van der Waals surface area contributed by atoms with Crippen molar-refractivity contribution in [1.82, 2.24) is 9.03 Å². The quantitative estimate of drug-likeness (QED) is 0.871. The molecule has 0 radical (unpaired) electrons. The molecule has 1 N–H and O–H groups in total. The second-order valence-electron chi connectivity index (χ2n) is 3.14. The Kier molecular flexibility index (Phi) is 5.39. The lowest BCUT2D eigenvalue weighted by Crippen LogP contribution is -2.39. The van der Waals surface area contributed by atoms with Gasteiger partial charge >= 0.3 is 0 Å². The summed E-state index contributed by atoms with van der Waals surface area (Å²) >= 11 is 4.86. The van der Waals surface area contributed by atoms with Crippen LogP contribution in [0, 0.1) is 0 Å². The fourth-order valence-corrected chi connectivity index (χ4v) is 3.95. The van der Waals surface area contributed by atoms with E-state index < -0.39 is 10.2 Å². The van der Waals surface area contributed by atoms with Crippen molar-refractivity contribution in [3.63, 3.8) is 0 Å². The lowest BCUT2D eigenvalue weighted by atomic mass is 10.5. The van der Waals surface area contributed by atoms with Crippen LogP contribution in [0.4, 0.5) is 0 Å². The molecule has 0 atom stereocenters. The van der Waals surface area contributed by atoms with Crippen LogP contribution in [0.15, 0.2) is 15.9 Å². The lowest BCUT2D eigenvalue weighted by molar-refractivity contribution is 0.435. The highest BCUT2D eigenvalue weighted by atomic mass is 79.9. The Morgan fingerprint density at radius 1 is 1.44 bits per heavy atom. The van der Waals surface area contributed by atoms with E-state index in [1.165, 1.54) is 15.6 Å². The van der Waals surface area contributed by atoms with Gasteiger partial charge in [-0.3, -0.25) is 0 Å². The van der Waals surface area contributed by atoms with E-state index in [2.05, 4.69) is 20.7 Å². The van der Waals surface area contributed by atoms with Crippen LogP contribution in [0.5, 0.6) is 0 Å². The van der Waals surface area contributed by atoms with E-state index in [0.29, 0.717) is 19.6 Å². The molecule has 0 aliphatic carbocycles. The second kappa shape index (κ2) is 6.11. The first kappa shape index (κ1) is 14.1. The number of hydrogen-bond acceptors (Lipinski definition) is 3. The van der Waals surface area contributed by atoms with Gasteiger partial charge in [-0.05, 0) is 22.0 Å². The molecule has 1 aromatic heterocycles. The Balaban J connectivity index is 2.60. The van der Waals surface area contributed by atoms with Crippen LogP contribution in [-0.2, 0) is 16.8 Å². The van der Waals surface area contributed by atoms with Crippen molar-refractivity contribution < 1.29 is 8.42 Å². The molecule has 0 bridgehead atoms. The maximum absolute atomic E-state index is 11.8. The number of nitrogens with one attached hydrogen (secondary N) is 1. The zero-order chi connectivity index (χ0) is 12.2. The number of halogens is 1. The summed E-state index contributed by atoms with van der Waals surface area (Å²) < 4.78 is 28.5. The van der Waals surface area contributed by atoms with E-state index in [9.17, 15) is 8.42 Å². The zero-order valence-corrected chi connectivity index (χ0v) is 12.5. The first-order valence-electron chi connectivity index (χ1n) is 4.97. The molecular formula is C9H15BrN2O2S2. The predicted octanol–water partition coefficient (Wildman–Crippen LogP) is 2.19. The minimum absolute atomic E-state index is 0.342. The average Bonchev–Trinajstić information content (AvgIpc) is 2.63. The molecule has 0 aliphatic heterocycles. The van der Waals surface area contributed by atoms with Gasteiger partial charge in [0.1, 0.15) is 0 Å². The fraction of sp³-hybridized carbons (Fsp3) is 0.556. The minimum atomic E-state index is -3.34. The number of hydrogen-bond donors (Lipinski definition) is 1. The number of thiophene rings is 1. The van der Waals surface area contributed by atoms with E-state index in [-0.39, 0.29) is 0 Å². The van der Waals surface area contributed by atoms with Crippen molar-refractivity contribution >= 4 is 37.5 Å². The summed E-state index contributed by atoms with van der Waals surface area (Å²) in [6.07, 6.45) is 0. The zero-order valence-electron chi connectivity index (χ0n) is 9.23. The number of nitrogens with zero attached hydrogens (tertiary/aromatic N) is 1. The molecule has 1 heterocycles. The van der Waals surface area contributed by atoms with Gasteiger partial charge < -0.3 is 0 Å². The highest BCUT2D eigenvalue weighted by Crippen LogP contribution is 2.19. The van der Waals surface area contributed by atoms with E-state index in [4.69, 9.17) is 0 Å². The Morgan fingerprint density at radius 3 is 2.50 bits per heavy atom. The van der Waals surface area contributed by atoms with E-state index in [1.807, 2.05) is 25.3 Å². The van der Waals surface area contributed by atoms with Gasteiger partial charge in [0.05, 0.1) is 0 Å². The van der Waals surface area contributed by atoms with Crippen molar-refractivity contribution in [2.75, 3.05) is 13.1 Å². The molecule has 1 rings (SSSR count). The van der Waals surface area contributed by atoms with Crippen LogP contribution in [0.25, 0.3) is 0 Å². The van der Waals surface area contributed by atoms with Gasteiger partial charge in [0.15, 0.2) is 0 Å². The molecule has 7 heteroatoms. The lowest BCUT2D eigenvalue weighted by Gasteiger charge is -2.18. The third kappa shape index (κ3) is 3.81. The molecule has 1 aromatic rings. The predicted molar refractivity (Wildman–Crippen MR) is 70.7 cm³/mol. The van der Waals surface area contributed by atoms with Gasteiger partial charge in [-0.2, -0.15) is 17.4 Å². The van der Waals surface area contributed by atoms with E-state index >= 15 is 0 Å². The van der Waals surface area contributed by atoms with Crippen molar-refractivity contribution in [2.45, 2.75) is 20.4 Å². The number of rotatable bonds is 6. The van der Waals surface area contributed by atoms with Crippen molar-refractivity contribution in [3.8, 4) is 0 Å². The van der Waals surface area contributed by atoms with Crippen molar-refractivity contribution in [1.29, 1.82) is 0 Å². The third-order valence-corrected chi connectivity index (χ3v) is 5.50. The first-order chi connectivity index (χ1) is 7.49. The Labute approximate surface area is 109 Å². The van der Waals surface area contributed by atoms with Gasteiger partial charge in [-0.1, -0.05) is 13.8 Å². The SMILES string of the molecule is CCN(CC)S(=O)(=O)NCc1cc(Br)cs1. The normalized spacial score (nSPS) is 12.2. The molecule has 0 unspecified atom stereocenters. The summed E-state index contributed by atoms with van der Waals surface area (Å²) in [5.41, 5.74) is 0. The minimum Gasteiger partial charge on any atom is -0.197 e. The molecule has 92 valence electrons. The topological polar surface area (TPSA) is 49.4 Å². The molecular weight excluding hydrogens is 312 g/mol. The summed E-state index contributed by atoms with van der Waals surface area (Å²) in [5.74, 6) is 0. The fourth-order valence-electron chi connectivity index (χ4n) is 1.26. The summed E-state index contributed by atoms with van der Waals surface area (Å²) in [7, 11) is -3.34. The molecule has 0 aliphatic rings. The van der Waals surface area contributed by atoms with Gasteiger partial charge in [0, 0.05) is 34.4 Å². The molecule has 4 nitrogen and oxygen atoms in total. The maximum atomic E-state index is 11.8. The van der Waals surface area contributed by atoms with Crippen LogP contribution >= 0.6 is 27.3 Å². The molecule has 0 amide bonds. The summed E-state index contributed by atoms with van der Waals surface area (Å²) in [6.45, 7) is 4.96. The van der Waals surface area contributed by atoms with Gasteiger partial charge in [-0.15, -0.1) is 11.3 Å². The molecule has 0 fully saturated rings. The first-order valence-corrected chi connectivity index (χ1v) is 8.08. The monoisotopic (exact) mass is 326 g/mol. The summed E-state index contributed by atoms with van der Waals surface area (Å²) in [5, 5.41) is 1.93. The van der Waals surface area contributed by atoms with E-state index in [1.54, 1.807) is 0 Å². The Morgan fingerprint density at radius 2 is 2.06 bits per heavy atom. The van der Waals surface area contributed by atoms with Crippen LogP contribution in [0.1, 0.15) is 18.7 Å². The average molecular weight is 327 g/mol. The van der Waals surface area contributed by atoms with Gasteiger partial charge in [0.2, 0.25) is 0 Å². The van der Waals surface area contributed by atoms with E-state index in [0.717, 1.165) is 9.35 Å². The van der Waals surface area contributed by atoms with Gasteiger partial charge in [0.25, 0.3) is 10.2 Å². The highest BCUT2D eigenvalue weighted by molar-refractivity contribution is 9.10. The van der Waals surface area contributed by atoms with Crippen LogP contribution in [0.3, 0.4) is 0 Å². The molecule has 0 saturated heterocycles. The summed E-state index contributed by atoms with van der Waals surface area (Å²) in [4.78, 5) is 0.989. The van der Waals surface area contributed by atoms with Crippen LogP contribution < -0.4 is 4.72 Å². The maximum Gasteiger partial charge on any atom is 0.279 e. The van der Waals surface area contributed by atoms with Crippen LogP contribution in [0.2, 0.25) is 0 Å². The largest absolute Gasteiger partial charge is 0.279 e. The molecule has 0 saturated carbocycles.